The standard InChI is InChI=1S/2C16H12Cl2FN3O2.CH4/c2*17-10-2-1-3-11(18)14(10)16(24)21-8-4-5-20-13(6-8)22-15(23)9-7-12(9)19;/h2*1-6,9,12H,7H2,(H2,20,21,22,23,24);1H4/t2*9-,12-;/m10./s1. The molecule has 6 rings (SSSR count). The number of anilines is 4. The molecule has 0 saturated heterocycles. The van der Waals surface area contributed by atoms with Crippen molar-refractivity contribution in [1.82, 2.24) is 9.97 Å². The number of hydrogen-bond donors (Lipinski definition) is 4. The summed E-state index contributed by atoms with van der Waals surface area (Å²) in [4.78, 5) is 56.0. The highest BCUT2D eigenvalue weighted by atomic mass is 35.5. The second-order valence-corrected chi connectivity index (χ2v) is 12.3. The molecular weight excluding hydrogens is 724 g/mol. The SMILES string of the molecule is C.O=C(Nc1ccnc(NC(=O)[C@@H]2C[C@H]2F)c1)c1c(Cl)cccc1Cl.O=C(Nc1ccnc(NC(=O)[C@H]2C[C@@H]2F)c1)c1c(Cl)cccc1Cl. The van der Waals surface area contributed by atoms with Crippen LogP contribution in [0.2, 0.25) is 20.1 Å². The van der Waals surface area contributed by atoms with Crippen molar-refractivity contribution in [2.75, 3.05) is 21.3 Å². The van der Waals surface area contributed by atoms with Crippen molar-refractivity contribution in [2.24, 2.45) is 11.8 Å². The number of nitrogens with zero attached hydrogens (tertiary/aromatic N) is 2. The van der Waals surface area contributed by atoms with Crippen LogP contribution in [0.1, 0.15) is 41.0 Å². The molecule has 4 N–H and O–H groups in total. The highest BCUT2D eigenvalue weighted by molar-refractivity contribution is 6.41. The van der Waals surface area contributed by atoms with Crippen molar-refractivity contribution in [2.45, 2.75) is 32.6 Å². The van der Waals surface area contributed by atoms with Gasteiger partial charge in [-0.1, -0.05) is 66.0 Å². The monoisotopic (exact) mass is 750 g/mol. The molecule has 0 radical (unpaired) electrons. The number of aromatic nitrogens is 2. The highest BCUT2D eigenvalue weighted by Gasteiger charge is 2.44. The molecule has 2 fully saturated rings. The van der Waals surface area contributed by atoms with Crippen molar-refractivity contribution in [3.05, 3.63) is 104 Å². The van der Waals surface area contributed by atoms with Crippen molar-refractivity contribution in [3.63, 3.8) is 0 Å². The molecule has 0 aliphatic heterocycles. The molecule has 2 aromatic carbocycles. The fraction of sp³-hybridized carbons (Fsp3) is 0.212. The van der Waals surface area contributed by atoms with Crippen molar-refractivity contribution in [1.29, 1.82) is 0 Å². The predicted octanol–water partition coefficient (Wildman–Crippen LogP) is 8.51. The van der Waals surface area contributed by atoms with Crippen LogP contribution in [0.3, 0.4) is 0 Å². The first kappa shape index (κ1) is 37.5. The Balaban J connectivity index is 0.000000216. The number of halogens is 6. The topological polar surface area (TPSA) is 142 Å². The summed E-state index contributed by atoms with van der Waals surface area (Å²) in [5.41, 5.74) is 1.10. The van der Waals surface area contributed by atoms with Crippen LogP contribution in [0.15, 0.2) is 73.1 Å². The molecule has 0 bridgehead atoms. The van der Waals surface area contributed by atoms with Gasteiger partial charge in [0, 0.05) is 35.9 Å². The van der Waals surface area contributed by atoms with Crippen LogP contribution in [0, 0.1) is 11.8 Å². The van der Waals surface area contributed by atoms with Gasteiger partial charge < -0.3 is 21.3 Å². The summed E-state index contributed by atoms with van der Waals surface area (Å²) in [6.45, 7) is 0. The van der Waals surface area contributed by atoms with Crippen LogP contribution < -0.4 is 21.3 Å². The maximum absolute atomic E-state index is 12.9. The van der Waals surface area contributed by atoms with E-state index in [9.17, 15) is 28.0 Å². The molecule has 256 valence electrons. The van der Waals surface area contributed by atoms with Gasteiger partial charge in [0.15, 0.2) is 0 Å². The second kappa shape index (κ2) is 16.4. The molecule has 2 aliphatic carbocycles. The van der Waals surface area contributed by atoms with E-state index in [1.54, 1.807) is 48.5 Å². The molecule has 4 atom stereocenters. The Labute approximate surface area is 299 Å². The number of hydrogen-bond acceptors (Lipinski definition) is 6. The minimum atomic E-state index is -1.09. The first-order valence-corrected chi connectivity index (χ1v) is 15.7. The van der Waals surface area contributed by atoms with E-state index >= 15 is 0 Å². The number of carbonyl (C=O) groups excluding carboxylic acids is 4. The predicted molar refractivity (Wildman–Crippen MR) is 187 cm³/mol. The van der Waals surface area contributed by atoms with Crippen LogP contribution in [-0.2, 0) is 9.59 Å². The van der Waals surface area contributed by atoms with E-state index in [1.165, 1.54) is 24.5 Å². The van der Waals surface area contributed by atoms with Crippen LogP contribution in [0.25, 0.3) is 0 Å². The fourth-order valence-corrected chi connectivity index (χ4v) is 5.42. The highest BCUT2D eigenvalue weighted by Crippen LogP contribution is 2.35. The molecule has 16 heteroatoms. The Kier molecular flexibility index (Phi) is 12.5. The van der Waals surface area contributed by atoms with Gasteiger partial charge in [-0.2, -0.15) is 0 Å². The molecule has 10 nitrogen and oxygen atoms in total. The molecule has 0 unspecified atom stereocenters. The zero-order valence-electron chi connectivity index (χ0n) is 24.4. The Morgan fingerprint density at radius 1 is 0.592 bits per heavy atom. The van der Waals surface area contributed by atoms with Gasteiger partial charge in [-0.05, 0) is 49.2 Å². The van der Waals surface area contributed by atoms with Crippen LogP contribution >= 0.6 is 46.4 Å². The third-order valence-corrected chi connectivity index (χ3v) is 8.28. The van der Waals surface area contributed by atoms with Gasteiger partial charge in [0.1, 0.15) is 24.0 Å². The smallest absolute Gasteiger partial charge is 0.258 e. The fourth-order valence-electron chi connectivity index (χ4n) is 4.28. The zero-order valence-corrected chi connectivity index (χ0v) is 27.5. The summed E-state index contributed by atoms with van der Waals surface area (Å²) >= 11 is 24.0. The molecular formula is C33H28Cl4F2N6O4. The Morgan fingerprint density at radius 3 is 1.22 bits per heavy atom. The summed E-state index contributed by atoms with van der Waals surface area (Å²) < 4.78 is 25.8. The van der Waals surface area contributed by atoms with E-state index in [1.807, 2.05) is 0 Å². The van der Waals surface area contributed by atoms with Crippen molar-refractivity contribution >= 4 is 93.0 Å². The van der Waals surface area contributed by atoms with E-state index in [2.05, 4.69) is 31.2 Å². The van der Waals surface area contributed by atoms with Crippen molar-refractivity contribution < 1.29 is 28.0 Å². The molecule has 4 aromatic rings. The Morgan fingerprint density at radius 2 is 0.918 bits per heavy atom. The molecule has 2 saturated carbocycles. The van der Waals surface area contributed by atoms with Gasteiger partial charge in [-0.3, -0.25) is 19.2 Å². The van der Waals surface area contributed by atoms with E-state index in [4.69, 9.17) is 46.4 Å². The summed E-state index contributed by atoms with van der Waals surface area (Å²) in [7, 11) is 0. The first-order chi connectivity index (χ1) is 22.9. The Bertz CT molecular complexity index is 1730. The molecule has 2 aromatic heterocycles. The lowest BCUT2D eigenvalue weighted by atomic mass is 10.2. The minimum Gasteiger partial charge on any atom is -0.322 e. The number of rotatable bonds is 8. The maximum Gasteiger partial charge on any atom is 0.258 e. The summed E-state index contributed by atoms with van der Waals surface area (Å²) in [5.74, 6) is -2.61. The first-order valence-electron chi connectivity index (χ1n) is 14.2. The molecule has 49 heavy (non-hydrogen) atoms. The number of nitrogens with one attached hydrogen (secondary N) is 4. The Hall–Kier alpha value is -4.36. The number of alkyl halides is 2. The van der Waals surface area contributed by atoms with Gasteiger partial charge in [-0.15, -0.1) is 0 Å². The van der Waals surface area contributed by atoms with Crippen molar-refractivity contribution in [3.8, 4) is 0 Å². The van der Waals surface area contributed by atoms with Gasteiger partial charge in [0.25, 0.3) is 11.8 Å². The van der Waals surface area contributed by atoms with Crippen LogP contribution in [0.5, 0.6) is 0 Å². The molecule has 2 aliphatic rings. The lowest BCUT2D eigenvalue weighted by molar-refractivity contribution is -0.118. The third-order valence-electron chi connectivity index (χ3n) is 7.02. The van der Waals surface area contributed by atoms with Gasteiger partial charge in [0.2, 0.25) is 11.8 Å². The van der Waals surface area contributed by atoms with Crippen LogP contribution in [0.4, 0.5) is 31.8 Å². The lowest BCUT2D eigenvalue weighted by Crippen LogP contribution is -2.17. The number of benzene rings is 2. The molecule has 4 amide bonds. The maximum atomic E-state index is 12.9. The average molecular weight is 752 g/mol. The van der Waals surface area contributed by atoms with E-state index in [0.717, 1.165) is 0 Å². The third kappa shape index (κ3) is 9.85. The van der Waals surface area contributed by atoms with Gasteiger partial charge >= 0.3 is 0 Å². The van der Waals surface area contributed by atoms with Gasteiger partial charge in [-0.25, -0.2) is 18.7 Å². The zero-order chi connectivity index (χ0) is 34.5. The lowest BCUT2D eigenvalue weighted by Gasteiger charge is -2.10. The van der Waals surface area contributed by atoms with Crippen LogP contribution in [-0.4, -0.2) is 45.9 Å². The number of amides is 4. The van der Waals surface area contributed by atoms with E-state index < -0.39 is 47.8 Å². The normalized spacial score (nSPS) is 18.4. The molecule has 2 heterocycles. The van der Waals surface area contributed by atoms with E-state index in [0.29, 0.717) is 11.4 Å². The van der Waals surface area contributed by atoms with Gasteiger partial charge in [0.05, 0.1) is 43.1 Å². The number of pyridine rings is 2. The molecule has 0 spiro atoms. The summed E-state index contributed by atoms with van der Waals surface area (Å²) in [6.07, 6.45) is 1.12. The largest absolute Gasteiger partial charge is 0.322 e. The minimum absolute atomic E-state index is 0. The summed E-state index contributed by atoms with van der Waals surface area (Å²) in [5, 5.41) is 11.2. The average Bonchev–Trinajstić information content (AvgIpc) is 3.95. The number of carbonyl (C=O) groups is 4. The second-order valence-electron chi connectivity index (χ2n) is 10.7. The quantitative estimate of drug-likeness (QED) is 0.142. The van der Waals surface area contributed by atoms with E-state index in [-0.39, 0.29) is 63.1 Å². The summed E-state index contributed by atoms with van der Waals surface area (Å²) in [6, 6.07) is 15.5.